The largest absolute Gasteiger partial charge is 0.497 e. The Labute approximate surface area is 95.2 Å². The number of methoxy groups -OCH3 is 1. The van der Waals surface area contributed by atoms with Gasteiger partial charge in [0.15, 0.2) is 0 Å². The Morgan fingerprint density at radius 3 is 2.56 bits per heavy atom. The number of carboxylic acid groups (broad SMARTS) is 1. The normalized spacial score (nSPS) is 12.1. The van der Waals surface area contributed by atoms with E-state index in [-0.39, 0.29) is 12.5 Å². The molecule has 0 amide bonds. The van der Waals surface area contributed by atoms with Crippen molar-refractivity contribution < 1.29 is 14.6 Å². The molecule has 1 rings (SSSR count). The average Bonchev–Trinajstić information content (AvgIpc) is 2.28. The summed E-state index contributed by atoms with van der Waals surface area (Å²) in [5.74, 6) is 0.0379. The summed E-state index contributed by atoms with van der Waals surface area (Å²) < 4.78 is 5.06. The zero-order chi connectivity index (χ0) is 12.0. The van der Waals surface area contributed by atoms with Gasteiger partial charge in [-0.1, -0.05) is 12.1 Å². The van der Waals surface area contributed by atoms with Crippen molar-refractivity contribution >= 4 is 5.97 Å². The Hall–Kier alpha value is -1.55. The molecule has 0 aromatic heterocycles. The number of aliphatic carboxylic acids is 1. The van der Waals surface area contributed by atoms with E-state index in [1.54, 1.807) is 7.11 Å². The van der Waals surface area contributed by atoms with Crippen LogP contribution in [0.15, 0.2) is 24.3 Å². The lowest BCUT2D eigenvalue weighted by Gasteiger charge is -2.13. The van der Waals surface area contributed by atoms with Gasteiger partial charge >= 0.3 is 5.97 Å². The molecule has 88 valence electrons. The van der Waals surface area contributed by atoms with Crippen LogP contribution in [0.25, 0.3) is 0 Å². The van der Waals surface area contributed by atoms with Gasteiger partial charge in [0.2, 0.25) is 0 Å². The highest BCUT2D eigenvalue weighted by molar-refractivity contribution is 5.66. The second kappa shape index (κ2) is 6.12. The fourth-order valence-corrected chi connectivity index (χ4v) is 1.41. The lowest BCUT2D eigenvalue weighted by atomic mass is 10.1. The Balaban J connectivity index is 2.45. The first-order valence-electron chi connectivity index (χ1n) is 5.22. The van der Waals surface area contributed by atoms with E-state index in [1.807, 2.05) is 31.2 Å². The van der Waals surface area contributed by atoms with Crippen LogP contribution in [0.1, 0.15) is 24.9 Å². The Morgan fingerprint density at radius 2 is 2.06 bits per heavy atom. The van der Waals surface area contributed by atoms with Crippen LogP contribution in [-0.4, -0.2) is 24.7 Å². The fraction of sp³-hybridized carbons (Fsp3) is 0.417. The molecule has 0 radical (unpaired) electrons. The van der Waals surface area contributed by atoms with Gasteiger partial charge in [0.1, 0.15) is 5.75 Å². The Kier molecular flexibility index (Phi) is 4.79. The van der Waals surface area contributed by atoms with Crippen molar-refractivity contribution in [3.8, 4) is 5.75 Å². The summed E-state index contributed by atoms with van der Waals surface area (Å²) in [7, 11) is 1.63. The molecule has 0 saturated carbocycles. The number of benzene rings is 1. The summed E-state index contributed by atoms with van der Waals surface area (Å²) in [5.41, 5.74) is 1.12. The summed E-state index contributed by atoms with van der Waals surface area (Å²) in [6.07, 6.45) is 0.139. The average molecular weight is 223 g/mol. The van der Waals surface area contributed by atoms with Gasteiger partial charge in [-0.3, -0.25) is 4.79 Å². The highest BCUT2D eigenvalue weighted by Gasteiger charge is 2.05. The molecule has 0 aliphatic carbocycles. The Bertz CT molecular complexity index is 335. The molecule has 0 bridgehead atoms. The number of hydrogen-bond donors (Lipinski definition) is 2. The smallest absolute Gasteiger partial charge is 0.304 e. The molecule has 0 fully saturated rings. The number of carbonyl (C=O) groups is 1. The third kappa shape index (κ3) is 3.90. The minimum absolute atomic E-state index is 0.139. The molecular formula is C12H17NO3. The molecule has 1 atom stereocenters. The molecule has 1 unspecified atom stereocenters. The SMILES string of the molecule is COc1ccc(C(C)NCCC(=O)O)cc1. The van der Waals surface area contributed by atoms with Crippen LogP contribution in [-0.2, 0) is 4.79 Å². The van der Waals surface area contributed by atoms with E-state index in [0.29, 0.717) is 6.54 Å². The van der Waals surface area contributed by atoms with Gasteiger partial charge in [0.05, 0.1) is 13.5 Å². The van der Waals surface area contributed by atoms with Crippen LogP contribution in [0.2, 0.25) is 0 Å². The van der Waals surface area contributed by atoms with Crippen molar-refractivity contribution in [2.75, 3.05) is 13.7 Å². The molecule has 0 spiro atoms. The minimum Gasteiger partial charge on any atom is -0.497 e. The van der Waals surface area contributed by atoms with Crippen molar-refractivity contribution in [2.24, 2.45) is 0 Å². The van der Waals surface area contributed by atoms with Crippen molar-refractivity contribution in [3.63, 3.8) is 0 Å². The van der Waals surface area contributed by atoms with Crippen LogP contribution in [0.5, 0.6) is 5.75 Å². The monoisotopic (exact) mass is 223 g/mol. The van der Waals surface area contributed by atoms with E-state index >= 15 is 0 Å². The van der Waals surface area contributed by atoms with E-state index in [0.717, 1.165) is 11.3 Å². The van der Waals surface area contributed by atoms with Crippen LogP contribution in [0, 0.1) is 0 Å². The van der Waals surface area contributed by atoms with E-state index in [9.17, 15) is 4.79 Å². The second-order valence-corrected chi connectivity index (χ2v) is 3.59. The van der Waals surface area contributed by atoms with E-state index in [4.69, 9.17) is 9.84 Å². The van der Waals surface area contributed by atoms with Gasteiger partial charge in [-0.25, -0.2) is 0 Å². The van der Waals surface area contributed by atoms with Gasteiger partial charge in [-0.15, -0.1) is 0 Å². The number of nitrogens with one attached hydrogen (secondary N) is 1. The fourth-order valence-electron chi connectivity index (χ4n) is 1.41. The summed E-state index contributed by atoms with van der Waals surface area (Å²) in [4.78, 5) is 10.3. The highest BCUT2D eigenvalue weighted by atomic mass is 16.5. The summed E-state index contributed by atoms with van der Waals surface area (Å²) >= 11 is 0. The third-order valence-electron chi connectivity index (χ3n) is 2.41. The maximum atomic E-state index is 10.3. The predicted molar refractivity (Wildman–Crippen MR) is 61.7 cm³/mol. The number of ether oxygens (including phenoxy) is 1. The first-order chi connectivity index (χ1) is 7.63. The van der Waals surface area contributed by atoms with Gasteiger partial charge in [-0.05, 0) is 24.6 Å². The van der Waals surface area contributed by atoms with Gasteiger partial charge in [0, 0.05) is 12.6 Å². The number of carboxylic acids is 1. The van der Waals surface area contributed by atoms with Crippen LogP contribution >= 0.6 is 0 Å². The highest BCUT2D eigenvalue weighted by Crippen LogP contribution is 2.16. The quantitative estimate of drug-likeness (QED) is 0.772. The van der Waals surface area contributed by atoms with Gasteiger partial charge < -0.3 is 15.2 Å². The summed E-state index contributed by atoms with van der Waals surface area (Å²) in [5, 5.41) is 11.7. The predicted octanol–water partition coefficient (Wildman–Crippen LogP) is 1.82. The first kappa shape index (κ1) is 12.5. The van der Waals surface area contributed by atoms with Crippen molar-refractivity contribution in [2.45, 2.75) is 19.4 Å². The first-order valence-corrected chi connectivity index (χ1v) is 5.22. The minimum atomic E-state index is -0.783. The summed E-state index contributed by atoms with van der Waals surface area (Å²) in [6.45, 7) is 2.48. The molecule has 0 heterocycles. The van der Waals surface area contributed by atoms with Crippen molar-refractivity contribution in [1.82, 2.24) is 5.32 Å². The third-order valence-corrected chi connectivity index (χ3v) is 2.41. The molecule has 0 saturated heterocycles. The lowest BCUT2D eigenvalue weighted by molar-refractivity contribution is -0.136. The topological polar surface area (TPSA) is 58.6 Å². The van der Waals surface area contributed by atoms with E-state index in [2.05, 4.69) is 5.32 Å². The van der Waals surface area contributed by atoms with Crippen LogP contribution in [0.4, 0.5) is 0 Å². The molecule has 2 N–H and O–H groups in total. The standard InChI is InChI=1S/C12H17NO3/c1-9(13-8-7-12(14)15)10-3-5-11(16-2)6-4-10/h3-6,9,13H,7-8H2,1-2H3,(H,14,15). The van der Waals surface area contributed by atoms with Crippen LogP contribution < -0.4 is 10.1 Å². The molecule has 16 heavy (non-hydrogen) atoms. The second-order valence-electron chi connectivity index (χ2n) is 3.59. The molecule has 1 aromatic rings. The molecule has 1 aromatic carbocycles. The van der Waals surface area contributed by atoms with Crippen LogP contribution in [0.3, 0.4) is 0 Å². The van der Waals surface area contributed by atoms with E-state index < -0.39 is 5.97 Å². The zero-order valence-corrected chi connectivity index (χ0v) is 9.56. The molecular weight excluding hydrogens is 206 g/mol. The molecule has 4 heteroatoms. The molecule has 0 aliphatic heterocycles. The maximum absolute atomic E-state index is 10.3. The zero-order valence-electron chi connectivity index (χ0n) is 9.56. The van der Waals surface area contributed by atoms with Crippen molar-refractivity contribution in [1.29, 1.82) is 0 Å². The molecule has 4 nitrogen and oxygen atoms in total. The maximum Gasteiger partial charge on any atom is 0.304 e. The molecule has 0 aliphatic rings. The lowest BCUT2D eigenvalue weighted by Crippen LogP contribution is -2.21. The summed E-state index contributed by atoms with van der Waals surface area (Å²) in [6, 6.07) is 7.87. The number of hydrogen-bond acceptors (Lipinski definition) is 3. The van der Waals surface area contributed by atoms with Crippen molar-refractivity contribution in [3.05, 3.63) is 29.8 Å². The van der Waals surface area contributed by atoms with Gasteiger partial charge in [-0.2, -0.15) is 0 Å². The van der Waals surface area contributed by atoms with Gasteiger partial charge in [0.25, 0.3) is 0 Å². The number of rotatable bonds is 6. The Morgan fingerprint density at radius 1 is 1.44 bits per heavy atom. The van der Waals surface area contributed by atoms with E-state index in [1.165, 1.54) is 0 Å².